The summed E-state index contributed by atoms with van der Waals surface area (Å²) in [6, 6.07) is 16.6. The van der Waals surface area contributed by atoms with Crippen LogP contribution in [0.15, 0.2) is 48.5 Å². The summed E-state index contributed by atoms with van der Waals surface area (Å²) in [5.74, 6) is 0. The van der Waals surface area contributed by atoms with E-state index < -0.39 is 0 Å². The van der Waals surface area contributed by atoms with Gasteiger partial charge in [-0.2, -0.15) is 0 Å². The predicted molar refractivity (Wildman–Crippen MR) is 91.9 cm³/mol. The zero-order valence-corrected chi connectivity index (χ0v) is 13.6. The molecule has 0 heterocycles. The van der Waals surface area contributed by atoms with Crippen LogP contribution in [0.3, 0.4) is 0 Å². The van der Waals surface area contributed by atoms with Gasteiger partial charge < -0.3 is 10.6 Å². The van der Waals surface area contributed by atoms with Crippen molar-refractivity contribution in [1.82, 2.24) is 0 Å². The number of anilines is 1. The Morgan fingerprint density at radius 1 is 1.05 bits per heavy atom. The molecule has 0 fully saturated rings. The molecular formula is C18H23ClN2. The van der Waals surface area contributed by atoms with Gasteiger partial charge in [0.15, 0.2) is 0 Å². The van der Waals surface area contributed by atoms with Crippen molar-refractivity contribution < 1.29 is 0 Å². The van der Waals surface area contributed by atoms with Gasteiger partial charge in [-0.25, -0.2) is 0 Å². The minimum Gasteiger partial charge on any atom is -0.368 e. The fraction of sp³-hybridized carbons (Fsp3) is 0.333. The number of halogens is 1. The lowest BCUT2D eigenvalue weighted by atomic mass is 10.0. The van der Waals surface area contributed by atoms with Crippen LogP contribution < -0.4 is 10.6 Å². The first-order valence-electron chi connectivity index (χ1n) is 7.38. The van der Waals surface area contributed by atoms with Crippen molar-refractivity contribution in [3.05, 3.63) is 64.7 Å². The summed E-state index contributed by atoms with van der Waals surface area (Å²) in [7, 11) is 2.09. The van der Waals surface area contributed by atoms with Crippen LogP contribution in [0, 0.1) is 0 Å². The molecular weight excluding hydrogens is 280 g/mol. The van der Waals surface area contributed by atoms with E-state index in [-0.39, 0.29) is 12.1 Å². The second kappa shape index (κ2) is 6.97. The highest BCUT2D eigenvalue weighted by Crippen LogP contribution is 2.33. The van der Waals surface area contributed by atoms with Crippen LogP contribution in [0.5, 0.6) is 0 Å². The van der Waals surface area contributed by atoms with Crippen LogP contribution in [0.4, 0.5) is 5.69 Å². The standard InChI is InChI=1S/C18H23ClN2/c1-4-17(20)15-10-6-8-12-18(15)21(3)13(2)14-9-5-7-11-16(14)19/h5-13,17H,4,20H2,1-3H3. The smallest absolute Gasteiger partial charge is 0.0525 e. The quantitative estimate of drug-likeness (QED) is 0.847. The first kappa shape index (κ1) is 15.9. The molecule has 2 atom stereocenters. The highest BCUT2D eigenvalue weighted by atomic mass is 35.5. The Morgan fingerprint density at radius 3 is 2.24 bits per heavy atom. The van der Waals surface area contributed by atoms with Crippen LogP contribution >= 0.6 is 11.6 Å². The Labute approximate surface area is 132 Å². The maximum atomic E-state index is 6.33. The highest BCUT2D eigenvalue weighted by molar-refractivity contribution is 6.31. The molecule has 0 radical (unpaired) electrons. The van der Waals surface area contributed by atoms with E-state index in [0.29, 0.717) is 0 Å². The molecule has 2 rings (SSSR count). The van der Waals surface area contributed by atoms with E-state index in [1.165, 1.54) is 11.3 Å². The Bertz CT molecular complexity index is 597. The summed E-state index contributed by atoms with van der Waals surface area (Å²) in [5.41, 5.74) is 9.72. The fourth-order valence-corrected chi connectivity index (χ4v) is 2.87. The lowest BCUT2D eigenvalue weighted by Crippen LogP contribution is -2.24. The molecule has 21 heavy (non-hydrogen) atoms. The molecule has 0 amide bonds. The first-order valence-corrected chi connectivity index (χ1v) is 7.75. The zero-order chi connectivity index (χ0) is 15.4. The van der Waals surface area contributed by atoms with Crippen LogP contribution in [-0.2, 0) is 0 Å². The summed E-state index contributed by atoms with van der Waals surface area (Å²) >= 11 is 6.33. The van der Waals surface area contributed by atoms with E-state index in [4.69, 9.17) is 17.3 Å². The van der Waals surface area contributed by atoms with E-state index in [0.717, 1.165) is 17.0 Å². The number of hydrogen-bond donors (Lipinski definition) is 1. The van der Waals surface area contributed by atoms with E-state index in [1.807, 2.05) is 24.3 Å². The van der Waals surface area contributed by atoms with Crippen molar-refractivity contribution in [3.63, 3.8) is 0 Å². The molecule has 2 aromatic rings. The summed E-state index contributed by atoms with van der Waals surface area (Å²) in [4.78, 5) is 2.24. The molecule has 112 valence electrons. The minimum atomic E-state index is 0.0575. The summed E-state index contributed by atoms with van der Waals surface area (Å²) in [6.07, 6.45) is 0.922. The molecule has 0 aliphatic carbocycles. The van der Waals surface area contributed by atoms with E-state index >= 15 is 0 Å². The normalized spacial score (nSPS) is 13.8. The van der Waals surface area contributed by atoms with Gasteiger partial charge in [0.25, 0.3) is 0 Å². The number of benzene rings is 2. The molecule has 0 spiro atoms. The average molecular weight is 303 g/mol. The van der Waals surface area contributed by atoms with E-state index in [9.17, 15) is 0 Å². The summed E-state index contributed by atoms with van der Waals surface area (Å²) in [6.45, 7) is 4.27. The largest absolute Gasteiger partial charge is 0.368 e. The van der Waals surface area contributed by atoms with Crippen molar-refractivity contribution in [2.45, 2.75) is 32.4 Å². The van der Waals surface area contributed by atoms with Crippen molar-refractivity contribution in [2.75, 3.05) is 11.9 Å². The van der Waals surface area contributed by atoms with Gasteiger partial charge in [0.2, 0.25) is 0 Å². The molecule has 2 unspecified atom stereocenters. The van der Waals surface area contributed by atoms with Crippen molar-refractivity contribution in [3.8, 4) is 0 Å². The third-order valence-corrected chi connectivity index (χ3v) is 4.44. The van der Waals surface area contributed by atoms with Gasteiger partial charge in [-0.15, -0.1) is 0 Å². The lowest BCUT2D eigenvalue weighted by Gasteiger charge is -2.31. The molecule has 0 saturated carbocycles. The summed E-state index contributed by atoms with van der Waals surface area (Å²) < 4.78 is 0. The summed E-state index contributed by atoms with van der Waals surface area (Å²) in [5, 5.41) is 0.800. The lowest BCUT2D eigenvalue weighted by molar-refractivity contribution is 0.679. The van der Waals surface area contributed by atoms with E-state index in [1.54, 1.807) is 0 Å². The highest BCUT2D eigenvalue weighted by Gasteiger charge is 2.18. The zero-order valence-electron chi connectivity index (χ0n) is 12.9. The van der Waals surface area contributed by atoms with Gasteiger partial charge in [-0.1, -0.05) is 54.9 Å². The van der Waals surface area contributed by atoms with Crippen LogP contribution in [0.1, 0.15) is 43.5 Å². The Hall–Kier alpha value is -1.51. The third kappa shape index (κ3) is 3.39. The molecule has 2 aromatic carbocycles. The third-order valence-electron chi connectivity index (χ3n) is 4.09. The predicted octanol–water partition coefficient (Wildman–Crippen LogP) is 4.95. The van der Waals surface area contributed by atoms with Gasteiger partial charge in [0.05, 0.1) is 6.04 Å². The maximum absolute atomic E-state index is 6.33. The Morgan fingerprint density at radius 2 is 1.62 bits per heavy atom. The average Bonchev–Trinajstić information content (AvgIpc) is 2.53. The van der Waals surface area contributed by atoms with Gasteiger partial charge in [0, 0.05) is 23.8 Å². The van der Waals surface area contributed by atoms with Crippen molar-refractivity contribution in [2.24, 2.45) is 5.73 Å². The maximum Gasteiger partial charge on any atom is 0.0525 e. The Kier molecular flexibility index (Phi) is 5.27. The molecule has 0 bridgehead atoms. The molecule has 0 aliphatic rings. The molecule has 0 aliphatic heterocycles. The monoisotopic (exact) mass is 302 g/mol. The van der Waals surface area contributed by atoms with Gasteiger partial charge in [-0.05, 0) is 36.6 Å². The van der Waals surface area contributed by atoms with Crippen molar-refractivity contribution in [1.29, 1.82) is 0 Å². The van der Waals surface area contributed by atoms with Gasteiger partial charge in [-0.3, -0.25) is 0 Å². The van der Waals surface area contributed by atoms with Crippen LogP contribution in [0.25, 0.3) is 0 Å². The first-order chi connectivity index (χ1) is 10.1. The SMILES string of the molecule is CCC(N)c1ccccc1N(C)C(C)c1ccccc1Cl. The number of hydrogen-bond acceptors (Lipinski definition) is 2. The van der Waals surface area contributed by atoms with Crippen LogP contribution in [-0.4, -0.2) is 7.05 Å². The molecule has 3 heteroatoms. The van der Waals surface area contributed by atoms with Crippen LogP contribution in [0.2, 0.25) is 5.02 Å². The van der Waals surface area contributed by atoms with Gasteiger partial charge in [0.1, 0.15) is 0 Å². The number of para-hydroxylation sites is 1. The molecule has 0 aromatic heterocycles. The number of nitrogens with two attached hydrogens (primary N) is 1. The Balaban J connectivity index is 2.36. The molecule has 0 saturated heterocycles. The number of nitrogens with zero attached hydrogens (tertiary/aromatic N) is 1. The topological polar surface area (TPSA) is 29.3 Å². The molecule has 2 nitrogen and oxygen atoms in total. The van der Waals surface area contributed by atoms with E-state index in [2.05, 4.69) is 50.1 Å². The molecule has 2 N–H and O–H groups in total. The fourth-order valence-electron chi connectivity index (χ4n) is 2.57. The van der Waals surface area contributed by atoms with Gasteiger partial charge >= 0.3 is 0 Å². The van der Waals surface area contributed by atoms with Crippen molar-refractivity contribution >= 4 is 17.3 Å². The minimum absolute atomic E-state index is 0.0575. The number of rotatable bonds is 5. The second-order valence-electron chi connectivity index (χ2n) is 5.38. The second-order valence-corrected chi connectivity index (χ2v) is 5.79.